The number of hydrogen-bond donors (Lipinski definition) is 2. The predicted octanol–water partition coefficient (Wildman–Crippen LogP) is 4.42. The lowest BCUT2D eigenvalue weighted by Gasteiger charge is -2.18. The molecule has 2 aliphatic heterocycles. The molecule has 1 aromatic carbocycles. The van der Waals surface area contributed by atoms with Gasteiger partial charge in [0.2, 0.25) is 5.95 Å². The summed E-state index contributed by atoms with van der Waals surface area (Å²) in [5.41, 5.74) is -0.0966. The lowest BCUT2D eigenvalue weighted by molar-refractivity contribution is -0.137. The summed E-state index contributed by atoms with van der Waals surface area (Å²) < 4.78 is 55.6. The molecule has 178 valence electrons. The molecule has 0 aliphatic carbocycles. The number of nitrogens with zero attached hydrogens (tertiary/aromatic N) is 2. The van der Waals surface area contributed by atoms with Crippen molar-refractivity contribution in [1.82, 2.24) is 9.97 Å². The van der Waals surface area contributed by atoms with Crippen LogP contribution in [-0.2, 0) is 20.4 Å². The third kappa shape index (κ3) is 4.83. The Hall–Kier alpha value is -3.22. The second-order valence-corrected chi connectivity index (χ2v) is 8.68. The number of thiophene rings is 1. The van der Waals surface area contributed by atoms with Crippen LogP contribution < -0.4 is 10.6 Å². The molecule has 2 aliphatic rings. The minimum atomic E-state index is -4.51. The fourth-order valence-electron chi connectivity index (χ4n) is 3.90. The minimum Gasteiger partial charge on any atom is -0.441 e. The van der Waals surface area contributed by atoms with Crippen LogP contribution in [0, 0.1) is 0 Å². The van der Waals surface area contributed by atoms with Gasteiger partial charge in [-0.3, -0.25) is 5.32 Å². The molecule has 34 heavy (non-hydrogen) atoms. The molecule has 2 aromatic heterocycles. The maximum Gasteiger partial charge on any atom is 0.416 e. The van der Waals surface area contributed by atoms with E-state index in [4.69, 9.17) is 14.2 Å². The number of benzene rings is 1. The van der Waals surface area contributed by atoms with Gasteiger partial charge in [-0.1, -0.05) is 12.1 Å². The zero-order valence-corrected chi connectivity index (χ0v) is 18.3. The number of carbonyl (C=O) groups excluding carboxylic acids is 1. The number of ether oxygens (including phenoxy) is 3. The largest absolute Gasteiger partial charge is 0.441 e. The van der Waals surface area contributed by atoms with Crippen molar-refractivity contribution < 1.29 is 32.2 Å². The third-order valence-corrected chi connectivity index (χ3v) is 6.34. The van der Waals surface area contributed by atoms with E-state index in [1.807, 2.05) is 23.6 Å². The number of aromatic nitrogens is 2. The highest BCUT2D eigenvalue weighted by atomic mass is 32.1. The predicted molar refractivity (Wildman–Crippen MR) is 118 cm³/mol. The van der Waals surface area contributed by atoms with Gasteiger partial charge in [0.1, 0.15) is 12.2 Å². The standard InChI is InChI=1S/C22H19F3N4O4S/c23-22(24,25)12-3-1-4-13(9-12)27-21(30)33-16-11-32-18-15(10-31-19(16)18)29-20-26-7-6-14(28-20)17-5-2-8-34-17/h1-9,15-16,18-19H,10-11H2,(H,27,30)(H,26,28,29)/t15-,16+,18+,19+/m0/s1. The van der Waals surface area contributed by atoms with Gasteiger partial charge in [0.25, 0.3) is 0 Å². The van der Waals surface area contributed by atoms with Gasteiger partial charge in [-0.15, -0.1) is 11.3 Å². The number of fused-ring (bicyclic) bond motifs is 1. The van der Waals surface area contributed by atoms with Crippen LogP contribution in [0.3, 0.4) is 0 Å². The Kier molecular flexibility index (Phi) is 6.11. The van der Waals surface area contributed by atoms with Crippen molar-refractivity contribution in [2.24, 2.45) is 0 Å². The Bertz CT molecular complexity index is 1160. The van der Waals surface area contributed by atoms with E-state index >= 15 is 0 Å². The van der Waals surface area contributed by atoms with Crippen molar-refractivity contribution in [3.05, 3.63) is 59.6 Å². The molecule has 3 aromatic rings. The zero-order chi connectivity index (χ0) is 23.7. The van der Waals surface area contributed by atoms with E-state index in [1.165, 1.54) is 12.1 Å². The van der Waals surface area contributed by atoms with E-state index in [0.717, 1.165) is 22.7 Å². The topological polar surface area (TPSA) is 94.6 Å². The molecule has 1 amide bonds. The molecule has 4 heterocycles. The second-order valence-electron chi connectivity index (χ2n) is 7.74. The number of rotatable bonds is 5. The number of nitrogens with one attached hydrogen (secondary N) is 2. The van der Waals surface area contributed by atoms with Crippen molar-refractivity contribution in [1.29, 1.82) is 0 Å². The summed E-state index contributed by atoms with van der Waals surface area (Å²) in [5, 5.41) is 7.51. The van der Waals surface area contributed by atoms with Gasteiger partial charge >= 0.3 is 12.3 Å². The van der Waals surface area contributed by atoms with Crippen LogP contribution in [0.4, 0.5) is 29.6 Å². The zero-order valence-electron chi connectivity index (χ0n) is 17.5. The van der Waals surface area contributed by atoms with Crippen molar-refractivity contribution in [2.75, 3.05) is 23.8 Å². The van der Waals surface area contributed by atoms with Crippen LogP contribution in [0.15, 0.2) is 54.0 Å². The lowest BCUT2D eigenvalue weighted by atomic mass is 10.1. The Balaban J connectivity index is 1.18. The van der Waals surface area contributed by atoms with Gasteiger partial charge in [-0.25, -0.2) is 14.8 Å². The molecule has 5 rings (SSSR count). The van der Waals surface area contributed by atoms with Crippen LogP contribution in [-0.4, -0.2) is 53.6 Å². The van der Waals surface area contributed by atoms with Crippen LogP contribution in [0.25, 0.3) is 10.6 Å². The average Bonchev–Trinajstić information content (AvgIpc) is 3.54. The monoisotopic (exact) mass is 492 g/mol. The molecule has 2 fully saturated rings. The van der Waals surface area contributed by atoms with Crippen molar-refractivity contribution in [3.8, 4) is 10.6 Å². The van der Waals surface area contributed by atoms with E-state index < -0.39 is 36.1 Å². The van der Waals surface area contributed by atoms with E-state index in [9.17, 15) is 18.0 Å². The smallest absolute Gasteiger partial charge is 0.416 e. The first-order valence-corrected chi connectivity index (χ1v) is 11.3. The molecular formula is C22H19F3N4O4S. The first-order chi connectivity index (χ1) is 16.4. The summed E-state index contributed by atoms with van der Waals surface area (Å²) in [6.07, 6.45) is -5.37. The average molecular weight is 492 g/mol. The van der Waals surface area contributed by atoms with Crippen LogP contribution in [0.1, 0.15) is 5.56 Å². The molecular weight excluding hydrogens is 473 g/mol. The molecule has 0 unspecified atom stereocenters. The lowest BCUT2D eigenvalue weighted by Crippen LogP contribution is -2.38. The van der Waals surface area contributed by atoms with Gasteiger partial charge < -0.3 is 19.5 Å². The SMILES string of the molecule is O=C(Nc1cccc(C(F)(F)F)c1)O[C@@H]1CO[C@H]2[C@@H]1OC[C@@H]2Nc1nccc(-c2cccs2)n1. The molecule has 0 radical (unpaired) electrons. The second kappa shape index (κ2) is 9.20. The number of hydrogen-bond acceptors (Lipinski definition) is 8. The summed E-state index contributed by atoms with van der Waals surface area (Å²) in [4.78, 5) is 22.1. The maximum atomic E-state index is 12.9. The van der Waals surface area contributed by atoms with Crippen molar-refractivity contribution in [3.63, 3.8) is 0 Å². The molecule has 0 saturated carbocycles. The van der Waals surface area contributed by atoms with Crippen molar-refractivity contribution in [2.45, 2.75) is 30.5 Å². The summed E-state index contributed by atoms with van der Waals surface area (Å²) in [6, 6.07) is 9.79. The highest BCUT2D eigenvalue weighted by Gasteiger charge is 2.49. The Morgan fingerprint density at radius 3 is 2.76 bits per heavy atom. The summed E-state index contributed by atoms with van der Waals surface area (Å²) >= 11 is 1.57. The minimum absolute atomic E-state index is 0.0232. The highest BCUT2D eigenvalue weighted by molar-refractivity contribution is 7.13. The molecule has 8 nitrogen and oxygen atoms in total. The van der Waals surface area contributed by atoms with Crippen LogP contribution in [0.2, 0.25) is 0 Å². The fraction of sp³-hybridized carbons (Fsp3) is 0.318. The number of anilines is 2. The maximum absolute atomic E-state index is 12.9. The Morgan fingerprint density at radius 1 is 1.12 bits per heavy atom. The van der Waals surface area contributed by atoms with Gasteiger partial charge in [-0.05, 0) is 35.7 Å². The fourth-order valence-corrected chi connectivity index (χ4v) is 4.60. The Morgan fingerprint density at radius 2 is 1.97 bits per heavy atom. The van der Waals surface area contributed by atoms with E-state index in [0.29, 0.717) is 5.95 Å². The first-order valence-electron chi connectivity index (χ1n) is 10.4. The van der Waals surface area contributed by atoms with Gasteiger partial charge in [0, 0.05) is 11.9 Å². The van der Waals surface area contributed by atoms with Crippen molar-refractivity contribution >= 4 is 29.1 Å². The summed E-state index contributed by atoms with van der Waals surface area (Å²) in [7, 11) is 0. The molecule has 12 heteroatoms. The van der Waals surface area contributed by atoms with E-state index in [-0.39, 0.29) is 24.9 Å². The van der Waals surface area contributed by atoms with E-state index in [2.05, 4.69) is 20.6 Å². The van der Waals surface area contributed by atoms with E-state index in [1.54, 1.807) is 17.5 Å². The van der Waals surface area contributed by atoms with Crippen LogP contribution >= 0.6 is 11.3 Å². The number of halogens is 3. The molecule has 0 spiro atoms. The third-order valence-electron chi connectivity index (χ3n) is 5.45. The summed E-state index contributed by atoms with van der Waals surface area (Å²) in [5.74, 6) is 0.426. The highest BCUT2D eigenvalue weighted by Crippen LogP contribution is 2.32. The normalized spacial score (nSPS) is 24.0. The first kappa shape index (κ1) is 22.6. The van der Waals surface area contributed by atoms with Gasteiger partial charge in [0.05, 0.1) is 35.4 Å². The number of alkyl halides is 3. The Labute approximate surface area is 196 Å². The molecule has 2 saturated heterocycles. The summed E-state index contributed by atoms with van der Waals surface area (Å²) in [6.45, 7) is 0.386. The number of carbonyl (C=O) groups is 1. The quantitative estimate of drug-likeness (QED) is 0.545. The molecule has 2 N–H and O–H groups in total. The molecule has 0 bridgehead atoms. The van der Waals surface area contributed by atoms with Gasteiger partial charge in [-0.2, -0.15) is 13.2 Å². The van der Waals surface area contributed by atoms with Crippen LogP contribution in [0.5, 0.6) is 0 Å². The van der Waals surface area contributed by atoms with Gasteiger partial charge in [0.15, 0.2) is 6.10 Å². The molecule has 4 atom stereocenters. The number of amides is 1.